The smallest absolute Gasteiger partial charge is 0.253 e. The maximum absolute atomic E-state index is 12.6. The first-order valence-electron chi connectivity index (χ1n) is 7.86. The van der Waals surface area contributed by atoms with Crippen molar-refractivity contribution in [3.8, 4) is 5.75 Å². The van der Waals surface area contributed by atoms with Crippen molar-refractivity contribution < 1.29 is 17.9 Å². The van der Waals surface area contributed by atoms with Crippen LogP contribution in [0.2, 0.25) is 0 Å². The summed E-state index contributed by atoms with van der Waals surface area (Å²) in [4.78, 5) is 14.4. The normalized spacial score (nSPS) is 16.0. The van der Waals surface area contributed by atoms with Gasteiger partial charge in [-0.05, 0) is 37.1 Å². The summed E-state index contributed by atoms with van der Waals surface area (Å²) in [6, 6.07) is 7.03. The Balaban J connectivity index is 1.67. The van der Waals surface area contributed by atoms with Gasteiger partial charge in [-0.3, -0.25) is 4.79 Å². The van der Waals surface area contributed by atoms with E-state index in [0.717, 1.165) is 11.5 Å². The first-order chi connectivity index (χ1) is 11.9. The van der Waals surface area contributed by atoms with Gasteiger partial charge in [0.05, 0.1) is 12.8 Å². The minimum Gasteiger partial charge on any atom is -0.497 e. The number of benzene rings is 1. The zero-order chi connectivity index (χ0) is 18.0. The molecular formula is C16H19N3O4S2. The molecule has 0 spiro atoms. The van der Waals surface area contributed by atoms with E-state index in [1.54, 1.807) is 36.3 Å². The number of aromatic nitrogens is 2. The number of hydrogen-bond acceptors (Lipinski definition) is 7. The number of carbonyl (C=O) groups is 1. The molecule has 0 unspecified atom stereocenters. The molecule has 3 rings (SSSR count). The Morgan fingerprint density at radius 2 is 1.88 bits per heavy atom. The van der Waals surface area contributed by atoms with E-state index in [0.29, 0.717) is 42.9 Å². The van der Waals surface area contributed by atoms with E-state index >= 15 is 0 Å². The van der Waals surface area contributed by atoms with Crippen LogP contribution in [-0.2, 0) is 9.84 Å². The van der Waals surface area contributed by atoms with Crippen LogP contribution in [0.5, 0.6) is 5.75 Å². The number of hydrogen-bond donors (Lipinski definition) is 0. The highest BCUT2D eigenvalue weighted by atomic mass is 32.2. The van der Waals surface area contributed by atoms with Gasteiger partial charge >= 0.3 is 0 Å². The molecule has 7 nitrogen and oxygen atoms in total. The molecule has 0 saturated carbocycles. The zero-order valence-corrected chi connectivity index (χ0v) is 15.6. The van der Waals surface area contributed by atoms with Gasteiger partial charge in [-0.25, -0.2) is 8.42 Å². The van der Waals surface area contributed by atoms with Crippen molar-refractivity contribution >= 4 is 27.3 Å². The van der Waals surface area contributed by atoms with Crippen molar-refractivity contribution in [3.05, 3.63) is 35.5 Å². The molecule has 1 aromatic heterocycles. The summed E-state index contributed by atoms with van der Waals surface area (Å²) in [5, 5.41) is 4.03. The van der Waals surface area contributed by atoms with Gasteiger partial charge in [0.1, 0.15) is 5.75 Å². The monoisotopic (exact) mass is 381 g/mol. The minimum absolute atomic E-state index is 0.0170. The number of methoxy groups -OCH3 is 1. The number of amides is 1. The maximum Gasteiger partial charge on any atom is 0.253 e. The molecule has 1 amide bonds. The predicted octanol–water partition coefficient (Wildman–Crippen LogP) is 1.97. The molecule has 1 aromatic carbocycles. The average Bonchev–Trinajstić information content (AvgIpc) is 3.11. The van der Waals surface area contributed by atoms with E-state index in [9.17, 15) is 13.2 Å². The second-order valence-electron chi connectivity index (χ2n) is 6.01. The summed E-state index contributed by atoms with van der Waals surface area (Å²) < 4.78 is 32.8. The third kappa shape index (κ3) is 3.82. The molecule has 0 atom stereocenters. The first kappa shape index (κ1) is 17.8. The molecule has 1 aliphatic heterocycles. The fourth-order valence-corrected chi connectivity index (χ4v) is 4.70. The minimum atomic E-state index is -3.32. The summed E-state index contributed by atoms with van der Waals surface area (Å²) in [5.74, 6) is 0.698. The molecule has 1 saturated heterocycles. The lowest BCUT2D eigenvalue weighted by molar-refractivity contribution is 0.0711. The van der Waals surface area contributed by atoms with Crippen LogP contribution in [0.1, 0.15) is 34.8 Å². The summed E-state index contributed by atoms with van der Waals surface area (Å²) in [5.41, 5.74) is 1.16. The molecule has 0 bridgehead atoms. The summed E-state index contributed by atoms with van der Waals surface area (Å²) in [6.45, 7) is 1.13. The van der Waals surface area contributed by atoms with E-state index in [2.05, 4.69) is 9.59 Å². The third-order valence-electron chi connectivity index (χ3n) is 4.32. The molecule has 1 fully saturated rings. The molecule has 9 heteroatoms. The van der Waals surface area contributed by atoms with Gasteiger partial charge in [-0.1, -0.05) is 4.49 Å². The fraction of sp³-hybridized carbons (Fsp3) is 0.438. The van der Waals surface area contributed by atoms with Gasteiger partial charge in [0.25, 0.3) is 5.91 Å². The molecule has 0 aliphatic carbocycles. The number of piperidine rings is 1. The molecular weight excluding hydrogens is 362 g/mol. The Hall–Kier alpha value is -2.00. The molecule has 2 heterocycles. The number of likely N-dealkylation sites (tertiary alicyclic amines) is 1. The van der Waals surface area contributed by atoms with Gasteiger partial charge < -0.3 is 9.64 Å². The van der Waals surface area contributed by atoms with Crippen molar-refractivity contribution in [2.24, 2.45) is 0 Å². The summed E-state index contributed by atoms with van der Waals surface area (Å²) in [7, 11) is -1.73. The molecule has 0 N–H and O–H groups in total. The maximum atomic E-state index is 12.6. The predicted molar refractivity (Wildman–Crippen MR) is 93.9 cm³/mol. The standard InChI is InChI=1S/C16H19N3O4S2/c1-23-13-5-3-12(4-6-13)15(20)19-9-7-11(8-10-19)14-16(24-18-17-14)25(2,21)22/h3-6,11H,7-10H2,1-2H3. The highest BCUT2D eigenvalue weighted by molar-refractivity contribution is 7.92. The lowest BCUT2D eigenvalue weighted by atomic mass is 9.94. The number of sulfone groups is 1. The Labute approximate surface area is 150 Å². The molecule has 25 heavy (non-hydrogen) atoms. The van der Waals surface area contributed by atoms with Crippen molar-refractivity contribution in [2.45, 2.75) is 23.0 Å². The van der Waals surface area contributed by atoms with Gasteiger partial charge in [0.2, 0.25) is 0 Å². The SMILES string of the molecule is COc1ccc(C(=O)N2CCC(c3nnsc3S(C)(=O)=O)CC2)cc1. The molecule has 1 aliphatic rings. The molecule has 0 radical (unpaired) electrons. The molecule has 134 valence electrons. The second kappa shape index (κ2) is 7.09. The van der Waals surface area contributed by atoms with Crippen LogP contribution in [0, 0.1) is 0 Å². The van der Waals surface area contributed by atoms with Gasteiger partial charge in [-0.15, -0.1) is 5.10 Å². The molecule has 2 aromatic rings. The van der Waals surface area contributed by atoms with Crippen LogP contribution >= 0.6 is 11.5 Å². The van der Waals surface area contributed by atoms with Crippen LogP contribution in [-0.4, -0.2) is 55.3 Å². The van der Waals surface area contributed by atoms with E-state index in [1.165, 1.54) is 6.26 Å². The van der Waals surface area contributed by atoms with Crippen LogP contribution in [0.25, 0.3) is 0 Å². The van der Waals surface area contributed by atoms with Crippen LogP contribution < -0.4 is 4.74 Å². The third-order valence-corrected chi connectivity index (χ3v) is 6.88. The van der Waals surface area contributed by atoms with E-state index in [4.69, 9.17) is 4.74 Å². The number of rotatable bonds is 4. The zero-order valence-electron chi connectivity index (χ0n) is 14.0. The topological polar surface area (TPSA) is 89.5 Å². The Bertz CT molecular complexity index is 854. The largest absolute Gasteiger partial charge is 0.497 e. The lowest BCUT2D eigenvalue weighted by Gasteiger charge is -2.31. The quantitative estimate of drug-likeness (QED) is 0.804. The van der Waals surface area contributed by atoms with E-state index in [1.807, 2.05) is 0 Å². The average molecular weight is 381 g/mol. The van der Waals surface area contributed by atoms with E-state index < -0.39 is 9.84 Å². The van der Waals surface area contributed by atoms with Crippen LogP contribution in [0.15, 0.2) is 28.5 Å². The lowest BCUT2D eigenvalue weighted by Crippen LogP contribution is -2.38. The fourth-order valence-electron chi connectivity index (χ4n) is 2.97. The Morgan fingerprint density at radius 3 is 2.44 bits per heavy atom. The summed E-state index contributed by atoms with van der Waals surface area (Å²) >= 11 is 0.916. The summed E-state index contributed by atoms with van der Waals surface area (Å²) in [6.07, 6.45) is 2.53. The van der Waals surface area contributed by atoms with Crippen molar-refractivity contribution in [1.29, 1.82) is 0 Å². The highest BCUT2D eigenvalue weighted by Crippen LogP contribution is 2.33. The van der Waals surface area contributed by atoms with Crippen molar-refractivity contribution in [1.82, 2.24) is 14.5 Å². The Morgan fingerprint density at radius 1 is 1.24 bits per heavy atom. The van der Waals surface area contributed by atoms with Gasteiger partial charge in [-0.2, -0.15) is 0 Å². The number of nitrogens with zero attached hydrogens (tertiary/aromatic N) is 3. The second-order valence-corrected chi connectivity index (χ2v) is 8.98. The van der Waals surface area contributed by atoms with E-state index in [-0.39, 0.29) is 16.0 Å². The van der Waals surface area contributed by atoms with Gasteiger partial charge in [0, 0.05) is 42.4 Å². The highest BCUT2D eigenvalue weighted by Gasteiger charge is 2.30. The van der Waals surface area contributed by atoms with Crippen molar-refractivity contribution in [2.75, 3.05) is 26.5 Å². The van der Waals surface area contributed by atoms with Gasteiger partial charge in [0.15, 0.2) is 14.0 Å². The van der Waals surface area contributed by atoms with Crippen LogP contribution in [0.4, 0.5) is 0 Å². The van der Waals surface area contributed by atoms with Crippen LogP contribution in [0.3, 0.4) is 0 Å². The number of ether oxygens (including phenoxy) is 1. The first-order valence-corrected chi connectivity index (χ1v) is 10.5. The van der Waals surface area contributed by atoms with Crippen molar-refractivity contribution in [3.63, 3.8) is 0 Å². The number of carbonyl (C=O) groups excluding carboxylic acids is 1. The Kier molecular flexibility index (Phi) is 5.05.